The predicted octanol–water partition coefficient (Wildman–Crippen LogP) is 0.732. The van der Waals surface area contributed by atoms with Crippen LogP contribution < -0.4 is 5.69 Å². The van der Waals surface area contributed by atoms with E-state index in [-0.39, 0.29) is 5.69 Å². The van der Waals surface area contributed by atoms with Gasteiger partial charge < -0.3 is 4.57 Å². The van der Waals surface area contributed by atoms with Gasteiger partial charge >= 0.3 is 5.69 Å². The van der Waals surface area contributed by atoms with Gasteiger partial charge in [-0.3, -0.25) is 0 Å². The van der Waals surface area contributed by atoms with Crippen LogP contribution in [0.2, 0.25) is 0 Å². The first-order valence-electron chi connectivity index (χ1n) is 3.32. The molecule has 0 N–H and O–H groups in total. The molecule has 58 valence electrons. The third-order valence-corrected chi connectivity index (χ3v) is 1.54. The molecule has 0 spiro atoms. The van der Waals surface area contributed by atoms with Crippen molar-refractivity contribution in [1.82, 2.24) is 9.55 Å². The fraction of sp³-hybridized carbons (Fsp3) is 0.250. The topological polar surface area (TPSA) is 34.9 Å². The fourth-order valence-electron chi connectivity index (χ4n) is 0.845. The molecule has 0 amide bonds. The lowest BCUT2D eigenvalue weighted by atomic mass is 10.2. The maximum atomic E-state index is 10.9. The Kier molecular flexibility index (Phi) is 1.89. The highest BCUT2D eigenvalue weighted by molar-refractivity contribution is 5.47. The van der Waals surface area contributed by atoms with E-state index in [0.717, 1.165) is 11.3 Å². The highest BCUT2D eigenvalue weighted by Crippen LogP contribution is 2.01. The predicted molar refractivity (Wildman–Crippen MR) is 44.3 cm³/mol. The van der Waals surface area contributed by atoms with Gasteiger partial charge in [-0.1, -0.05) is 12.7 Å². The van der Waals surface area contributed by atoms with Gasteiger partial charge in [0.1, 0.15) is 0 Å². The van der Waals surface area contributed by atoms with E-state index >= 15 is 0 Å². The van der Waals surface area contributed by atoms with Crippen molar-refractivity contribution in [3.63, 3.8) is 0 Å². The third kappa shape index (κ3) is 1.37. The zero-order valence-electron chi connectivity index (χ0n) is 6.66. The van der Waals surface area contributed by atoms with Crippen molar-refractivity contribution in [3.8, 4) is 0 Å². The maximum Gasteiger partial charge on any atom is 0.347 e. The van der Waals surface area contributed by atoms with Gasteiger partial charge in [-0.2, -0.15) is 4.98 Å². The second-order valence-corrected chi connectivity index (χ2v) is 2.38. The van der Waals surface area contributed by atoms with Crippen molar-refractivity contribution in [1.29, 1.82) is 0 Å². The first kappa shape index (κ1) is 7.72. The molecule has 11 heavy (non-hydrogen) atoms. The van der Waals surface area contributed by atoms with E-state index in [0.29, 0.717) is 0 Å². The average Bonchev–Trinajstić information content (AvgIpc) is 1.97. The molecular weight excluding hydrogens is 140 g/mol. The molecule has 0 aliphatic carbocycles. The van der Waals surface area contributed by atoms with Crippen LogP contribution >= 0.6 is 0 Å². The Morgan fingerprint density at radius 3 is 2.91 bits per heavy atom. The largest absolute Gasteiger partial charge is 0.347 e. The van der Waals surface area contributed by atoms with E-state index < -0.39 is 0 Å². The second-order valence-electron chi connectivity index (χ2n) is 2.38. The summed E-state index contributed by atoms with van der Waals surface area (Å²) in [7, 11) is 1.67. The van der Waals surface area contributed by atoms with Crippen LogP contribution in [0.5, 0.6) is 0 Å². The minimum atomic E-state index is -0.229. The standard InChI is InChI=1S/C8H10N2O/c1-4-7-5-10(3)8(11)9-6(7)2/h4-5H,1H2,2-3H3. The molecule has 0 fully saturated rings. The summed E-state index contributed by atoms with van der Waals surface area (Å²) in [4.78, 5) is 14.7. The smallest absolute Gasteiger partial charge is 0.302 e. The Morgan fingerprint density at radius 2 is 2.36 bits per heavy atom. The van der Waals surface area contributed by atoms with Crippen LogP contribution in [0.1, 0.15) is 11.3 Å². The summed E-state index contributed by atoms with van der Waals surface area (Å²) in [5.41, 5.74) is 1.39. The Bertz CT molecular complexity index is 338. The molecule has 0 unspecified atom stereocenters. The molecule has 0 aliphatic rings. The lowest BCUT2D eigenvalue weighted by Crippen LogP contribution is -2.20. The molecule has 0 saturated carbocycles. The normalized spacial score (nSPS) is 9.64. The molecule has 3 heteroatoms. The molecule has 1 aromatic rings. The van der Waals surface area contributed by atoms with Gasteiger partial charge in [0.25, 0.3) is 0 Å². The van der Waals surface area contributed by atoms with Crippen molar-refractivity contribution < 1.29 is 0 Å². The van der Waals surface area contributed by atoms with Crippen LogP contribution in [0.4, 0.5) is 0 Å². The molecule has 0 saturated heterocycles. The summed E-state index contributed by atoms with van der Waals surface area (Å²) < 4.78 is 1.43. The lowest BCUT2D eigenvalue weighted by molar-refractivity contribution is 0.796. The van der Waals surface area contributed by atoms with Crippen LogP contribution in [-0.4, -0.2) is 9.55 Å². The summed E-state index contributed by atoms with van der Waals surface area (Å²) in [5.74, 6) is 0. The van der Waals surface area contributed by atoms with E-state index in [1.165, 1.54) is 4.57 Å². The van der Waals surface area contributed by atoms with Gasteiger partial charge in [0.2, 0.25) is 0 Å². The number of hydrogen-bond acceptors (Lipinski definition) is 2. The minimum absolute atomic E-state index is 0.229. The SMILES string of the molecule is C=Cc1cn(C)c(=O)nc1C. The Balaban J connectivity index is 3.43. The summed E-state index contributed by atoms with van der Waals surface area (Å²) in [6.07, 6.45) is 3.40. The van der Waals surface area contributed by atoms with Crippen molar-refractivity contribution in [2.75, 3.05) is 0 Å². The van der Waals surface area contributed by atoms with Gasteiger partial charge in [0.05, 0.1) is 5.69 Å². The van der Waals surface area contributed by atoms with Crippen LogP contribution in [0.25, 0.3) is 6.08 Å². The van der Waals surface area contributed by atoms with E-state index in [1.54, 1.807) is 26.2 Å². The number of hydrogen-bond donors (Lipinski definition) is 0. The molecular formula is C8H10N2O. The quantitative estimate of drug-likeness (QED) is 0.591. The number of aromatic nitrogens is 2. The highest BCUT2D eigenvalue weighted by Gasteiger charge is 1.97. The summed E-state index contributed by atoms with van der Waals surface area (Å²) in [6, 6.07) is 0. The zero-order chi connectivity index (χ0) is 8.43. The van der Waals surface area contributed by atoms with E-state index in [4.69, 9.17) is 0 Å². The molecule has 0 radical (unpaired) electrons. The lowest BCUT2D eigenvalue weighted by Gasteiger charge is -2.00. The molecule has 1 rings (SSSR count). The van der Waals surface area contributed by atoms with Crippen LogP contribution in [0.15, 0.2) is 17.6 Å². The zero-order valence-corrected chi connectivity index (χ0v) is 6.66. The van der Waals surface area contributed by atoms with Gasteiger partial charge in [-0.05, 0) is 6.92 Å². The monoisotopic (exact) mass is 150 g/mol. The van der Waals surface area contributed by atoms with E-state index in [2.05, 4.69) is 11.6 Å². The molecule has 1 heterocycles. The Hall–Kier alpha value is -1.38. The highest BCUT2D eigenvalue weighted by atomic mass is 16.1. The second kappa shape index (κ2) is 2.70. The summed E-state index contributed by atoms with van der Waals surface area (Å²) in [5, 5.41) is 0. The van der Waals surface area contributed by atoms with E-state index in [1.807, 2.05) is 0 Å². The van der Waals surface area contributed by atoms with Crippen molar-refractivity contribution in [2.45, 2.75) is 6.92 Å². The Morgan fingerprint density at radius 1 is 1.73 bits per heavy atom. The third-order valence-electron chi connectivity index (χ3n) is 1.54. The van der Waals surface area contributed by atoms with Crippen molar-refractivity contribution >= 4 is 6.08 Å². The first-order chi connectivity index (χ1) is 5.15. The Labute approximate surface area is 65.0 Å². The van der Waals surface area contributed by atoms with Gasteiger partial charge in [-0.15, -0.1) is 0 Å². The van der Waals surface area contributed by atoms with Crippen LogP contribution in [-0.2, 0) is 7.05 Å². The van der Waals surface area contributed by atoms with Crippen LogP contribution in [0, 0.1) is 6.92 Å². The molecule has 0 aliphatic heterocycles. The summed E-state index contributed by atoms with van der Waals surface area (Å²) in [6.45, 7) is 5.40. The molecule has 0 bridgehead atoms. The fourth-order valence-corrected chi connectivity index (χ4v) is 0.845. The van der Waals surface area contributed by atoms with Crippen LogP contribution in [0.3, 0.4) is 0 Å². The molecule has 0 atom stereocenters. The first-order valence-corrected chi connectivity index (χ1v) is 3.32. The van der Waals surface area contributed by atoms with Crippen molar-refractivity contribution in [2.24, 2.45) is 7.05 Å². The van der Waals surface area contributed by atoms with Crippen molar-refractivity contribution in [3.05, 3.63) is 34.5 Å². The molecule has 3 nitrogen and oxygen atoms in total. The molecule has 1 aromatic heterocycles. The number of aryl methyl sites for hydroxylation is 2. The average molecular weight is 150 g/mol. The van der Waals surface area contributed by atoms with Gasteiger partial charge in [0, 0.05) is 18.8 Å². The number of rotatable bonds is 1. The van der Waals surface area contributed by atoms with Gasteiger partial charge in [0.15, 0.2) is 0 Å². The minimum Gasteiger partial charge on any atom is -0.302 e. The molecule has 0 aromatic carbocycles. The van der Waals surface area contributed by atoms with Gasteiger partial charge in [-0.25, -0.2) is 4.79 Å². The number of nitrogens with zero attached hydrogens (tertiary/aromatic N) is 2. The maximum absolute atomic E-state index is 10.9. The van der Waals surface area contributed by atoms with E-state index in [9.17, 15) is 4.79 Å². The summed E-state index contributed by atoms with van der Waals surface area (Å²) >= 11 is 0.